The highest BCUT2D eigenvalue weighted by Crippen LogP contribution is 2.34. The lowest BCUT2D eigenvalue weighted by Crippen LogP contribution is -2.28. The van der Waals surface area contributed by atoms with Crippen molar-refractivity contribution < 1.29 is 9.32 Å². The topological polar surface area (TPSA) is 85.8 Å². The molecule has 1 aliphatic carbocycles. The summed E-state index contributed by atoms with van der Waals surface area (Å²) in [7, 11) is 1.76. The summed E-state index contributed by atoms with van der Waals surface area (Å²) in [5.41, 5.74) is 3.84. The lowest BCUT2D eigenvalue weighted by Gasteiger charge is -2.14. The number of hydrogen-bond donors (Lipinski definition) is 1. The first-order valence-electron chi connectivity index (χ1n) is 8.40. The molecular weight excluding hydrogens is 318 g/mol. The Kier molecular flexibility index (Phi) is 3.83. The summed E-state index contributed by atoms with van der Waals surface area (Å²) in [6.07, 6.45) is 4.16. The molecule has 7 nitrogen and oxygen atoms in total. The molecule has 4 rings (SSSR count). The predicted molar refractivity (Wildman–Crippen MR) is 90.8 cm³/mol. The van der Waals surface area contributed by atoms with E-state index in [9.17, 15) is 4.79 Å². The molecule has 3 aromatic rings. The third-order valence-corrected chi connectivity index (χ3v) is 4.61. The van der Waals surface area contributed by atoms with Gasteiger partial charge in [-0.1, -0.05) is 18.1 Å². The summed E-state index contributed by atoms with van der Waals surface area (Å²) < 4.78 is 6.89. The summed E-state index contributed by atoms with van der Waals surface area (Å²) in [6, 6.07) is 7.83. The van der Waals surface area contributed by atoms with Crippen molar-refractivity contribution in [2.45, 2.75) is 32.2 Å². The van der Waals surface area contributed by atoms with Gasteiger partial charge in [-0.3, -0.25) is 9.48 Å². The van der Waals surface area contributed by atoms with Crippen LogP contribution in [-0.2, 0) is 19.9 Å². The largest absolute Gasteiger partial charge is 0.344 e. The minimum atomic E-state index is -0.105. The number of rotatable bonds is 4. The molecule has 0 aliphatic heterocycles. The molecule has 0 radical (unpaired) electrons. The van der Waals surface area contributed by atoms with Crippen LogP contribution >= 0.6 is 0 Å². The van der Waals surface area contributed by atoms with Gasteiger partial charge in [-0.15, -0.1) is 0 Å². The van der Waals surface area contributed by atoms with Crippen molar-refractivity contribution in [3.63, 3.8) is 0 Å². The standard InChI is InChI=1S/C18H19N5O2/c1-3-16-21-18(25-22-16)12-4-6-13-11(10-12)5-7-14(13)20-17(24)15-8-9-19-23(15)2/h4,6,8-10,14H,3,5,7H2,1-2H3,(H,20,24)/t14-/m1/s1. The Labute approximate surface area is 145 Å². The van der Waals surface area contributed by atoms with Gasteiger partial charge in [-0.25, -0.2) is 0 Å². The first-order chi connectivity index (χ1) is 12.2. The molecule has 1 aromatic carbocycles. The number of aryl methyl sites for hydroxylation is 3. The van der Waals surface area contributed by atoms with Gasteiger partial charge < -0.3 is 9.84 Å². The predicted octanol–water partition coefficient (Wildman–Crippen LogP) is 2.45. The minimum Gasteiger partial charge on any atom is -0.344 e. The van der Waals surface area contributed by atoms with E-state index in [0.717, 1.165) is 30.4 Å². The number of nitrogens with zero attached hydrogens (tertiary/aromatic N) is 4. The van der Waals surface area contributed by atoms with E-state index in [0.29, 0.717) is 17.4 Å². The fourth-order valence-electron chi connectivity index (χ4n) is 3.24. The lowest BCUT2D eigenvalue weighted by atomic mass is 10.0. The molecule has 0 saturated carbocycles. The van der Waals surface area contributed by atoms with Gasteiger partial charge in [0, 0.05) is 25.2 Å². The number of nitrogens with one attached hydrogen (secondary N) is 1. The quantitative estimate of drug-likeness (QED) is 0.790. The van der Waals surface area contributed by atoms with Crippen molar-refractivity contribution in [1.29, 1.82) is 0 Å². The van der Waals surface area contributed by atoms with Crippen LogP contribution < -0.4 is 5.32 Å². The number of hydrogen-bond acceptors (Lipinski definition) is 5. The second-order valence-corrected chi connectivity index (χ2v) is 6.19. The summed E-state index contributed by atoms with van der Waals surface area (Å²) in [5.74, 6) is 1.14. The molecule has 0 unspecified atom stereocenters. The zero-order valence-corrected chi connectivity index (χ0v) is 14.2. The molecule has 1 atom stereocenters. The van der Waals surface area contributed by atoms with E-state index in [4.69, 9.17) is 4.52 Å². The average molecular weight is 337 g/mol. The molecule has 7 heteroatoms. The molecule has 128 valence electrons. The van der Waals surface area contributed by atoms with Crippen molar-refractivity contribution in [3.05, 3.63) is 53.1 Å². The highest BCUT2D eigenvalue weighted by atomic mass is 16.5. The Hall–Kier alpha value is -2.96. The van der Waals surface area contributed by atoms with Crippen molar-refractivity contribution in [3.8, 4) is 11.5 Å². The summed E-state index contributed by atoms with van der Waals surface area (Å²) >= 11 is 0. The van der Waals surface area contributed by atoms with Gasteiger partial charge in [0.1, 0.15) is 5.69 Å². The number of carbonyl (C=O) groups excluding carboxylic acids is 1. The maximum absolute atomic E-state index is 12.4. The number of fused-ring (bicyclic) bond motifs is 1. The van der Waals surface area contributed by atoms with Crippen LogP contribution in [-0.4, -0.2) is 25.8 Å². The smallest absolute Gasteiger partial charge is 0.270 e. The Balaban J connectivity index is 1.55. The van der Waals surface area contributed by atoms with Crippen LogP contribution in [0.3, 0.4) is 0 Å². The second-order valence-electron chi connectivity index (χ2n) is 6.19. The zero-order chi connectivity index (χ0) is 17.4. The second kappa shape index (κ2) is 6.16. The number of benzene rings is 1. The SMILES string of the molecule is CCc1noc(-c2ccc3c(c2)CC[C@H]3NC(=O)c2ccnn2C)n1. The fourth-order valence-corrected chi connectivity index (χ4v) is 3.24. The highest BCUT2D eigenvalue weighted by Gasteiger charge is 2.26. The van der Waals surface area contributed by atoms with E-state index in [2.05, 4.69) is 26.6 Å². The maximum Gasteiger partial charge on any atom is 0.270 e. The van der Waals surface area contributed by atoms with E-state index in [1.807, 2.05) is 19.1 Å². The van der Waals surface area contributed by atoms with Crippen LogP contribution in [0.5, 0.6) is 0 Å². The fraction of sp³-hybridized carbons (Fsp3) is 0.333. The summed E-state index contributed by atoms with van der Waals surface area (Å²) in [4.78, 5) is 16.8. The first kappa shape index (κ1) is 15.6. The van der Waals surface area contributed by atoms with Gasteiger partial charge >= 0.3 is 0 Å². The zero-order valence-electron chi connectivity index (χ0n) is 14.2. The first-order valence-corrected chi connectivity index (χ1v) is 8.40. The minimum absolute atomic E-state index is 0.0142. The molecule has 0 bridgehead atoms. The molecule has 0 fully saturated rings. The van der Waals surface area contributed by atoms with E-state index in [-0.39, 0.29) is 11.9 Å². The number of aromatic nitrogens is 4. The van der Waals surface area contributed by atoms with Gasteiger partial charge in [0.05, 0.1) is 6.04 Å². The molecule has 2 heterocycles. The highest BCUT2D eigenvalue weighted by molar-refractivity contribution is 5.92. The monoisotopic (exact) mass is 337 g/mol. The Morgan fingerprint density at radius 1 is 1.40 bits per heavy atom. The van der Waals surface area contributed by atoms with E-state index >= 15 is 0 Å². The molecular formula is C18H19N5O2. The number of carbonyl (C=O) groups is 1. The molecule has 0 spiro atoms. The van der Waals surface area contributed by atoms with Gasteiger partial charge in [0.25, 0.3) is 11.8 Å². The maximum atomic E-state index is 12.4. The Bertz CT molecular complexity index is 927. The van der Waals surface area contributed by atoms with Gasteiger partial charge in [0.15, 0.2) is 5.82 Å². The lowest BCUT2D eigenvalue weighted by molar-refractivity contribution is 0.0927. The van der Waals surface area contributed by atoms with Crippen LogP contribution in [0.1, 0.15) is 46.8 Å². The van der Waals surface area contributed by atoms with Crippen LogP contribution in [0, 0.1) is 0 Å². The van der Waals surface area contributed by atoms with Crippen molar-refractivity contribution in [1.82, 2.24) is 25.2 Å². The molecule has 2 aromatic heterocycles. The average Bonchev–Trinajstić information content (AvgIpc) is 3.34. The van der Waals surface area contributed by atoms with E-state index in [1.54, 1.807) is 24.0 Å². The van der Waals surface area contributed by atoms with Gasteiger partial charge in [0.2, 0.25) is 0 Å². The normalized spacial score (nSPS) is 16.0. The van der Waals surface area contributed by atoms with Crippen LogP contribution in [0.25, 0.3) is 11.5 Å². The van der Waals surface area contributed by atoms with Crippen molar-refractivity contribution in [2.75, 3.05) is 0 Å². The Morgan fingerprint density at radius 2 is 2.28 bits per heavy atom. The van der Waals surface area contributed by atoms with Crippen LogP contribution in [0.4, 0.5) is 0 Å². The molecule has 1 aliphatic rings. The molecule has 0 saturated heterocycles. The van der Waals surface area contributed by atoms with E-state index in [1.165, 1.54) is 5.56 Å². The summed E-state index contributed by atoms with van der Waals surface area (Å²) in [6.45, 7) is 1.99. The van der Waals surface area contributed by atoms with Gasteiger partial charge in [-0.2, -0.15) is 10.1 Å². The molecule has 25 heavy (non-hydrogen) atoms. The Morgan fingerprint density at radius 3 is 3.00 bits per heavy atom. The third-order valence-electron chi connectivity index (χ3n) is 4.61. The molecule has 1 amide bonds. The summed E-state index contributed by atoms with van der Waals surface area (Å²) in [5, 5.41) is 11.1. The van der Waals surface area contributed by atoms with Crippen LogP contribution in [0.2, 0.25) is 0 Å². The van der Waals surface area contributed by atoms with Crippen molar-refractivity contribution in [2.24, 2.45) is 7.05 Å². The van der Waals surface area contributed by atoms with Gasteiger partial charge in [-0.05, 0) is 42.2 Å². The molecule has 1 N–H and O–H groups in total. The third kappa shape index (κ3) is 2.82. The van der Waals surface area contributed by atoms with Crippen molar-refractivity contribution >= 4 is 5.91 Å². The van der Waals surface area contributed by atoms with Crippen LogP contribution in [0.15, 0.2) is 35.0 Å². The van der Waals surface area contributed by atoms with E-state index < -0.39 is 0 Å². The number of amides is 1.